The number of thiophene rings is 1. The van der Waals surface area contributed by atoms with Crippen molar-refractivity contribution in [2.24, 2.45) is 5.10 Å². The van der Waals surface area contributed by atoms with Crippen molar-refractivity contribution in [3.8, 4) is 5.75 Å². The van der Waals surface area contributed by atoms with Gasteiger partial charge in [-0.05, 0) is 30.3 Å². The van der Waals surface area contributed by atoms with Gasteiger partial charge in [0, 0.05) is 21.0 Å². The summed E-state index contributed by atoms with van der Waals surface area (Å²) < 4.78 is 6.51. The molecule has 2 heterocycles. The van der Waals surface area contributed by atoms with Crippen LogP contribution in [0.3, 0.4) is 0 Å². The first-order valence-electron chi connectivity index (χ1n) is 10.3. The number of nitrogens with one attached hydrogen (secondary N) is 1. The average Bonchev–Trinajstić information content (AvgIpc) is 3.21. The van der Waals surface area contributed by atoms with E-state index in [1.165, 1.54) is 17.6 Å². The lowest BCUT2D eigenvalue weighted by atomic mass is 10.2. The Morgan fingerprint density at radius 1 is 0.941 bits per heavy atom. The lowest BCUT2D eigenvalue weighted by molar-refractivity contribution is 0.0739. The van der Waals surface area contributed by atoms with Crippen LogP contribution in [0, 0.1) is 0 Å². The second-order valence-corrected chi connectivity index (χ2v) is 8.69. The number of ether oxygens (including phenoxy) is 1. The van der Waals surface area contributed by atoms with E-state index in [1.54, 1.807) is 30.3 Å². The summed E-state index contributed by atoms with van der Waals surface area (Å²) in [5.74, 6) is -0.715. The average molecular weight is 486 g/mol. The molecule has 0 saturated carbocycles. The molecule has 6 nitrogen and oxygen atoms in total. The number of halogens is 1. The van der Waals surface area contributed by atoms with E-state index in [0.29, 0.717) is 21.2 Å². The number of benzene rings is 3. The van der Waals surface area contributed by atoms with Crippen LogP contribution in [0.25, 0.3) is 21.0 Å². The van der Waals surface area contributed by atoms with Gasteiger partial charge >= 0.3 is 5.97 Å². The molecule has 8 heteroatoms. The Morgan fingerprint density at radius 3 is 2.59 bits per heavy atom. The molecule has 0 spiro atoms. The van der Waals surface area contributed by atoms with Gasteiger partial charge in [-0.1, -0.05) is 66.2 Å². The van der Waals surface area contributed by atoms with Gasteiger partial charge in [0.15, 0.2) is 0 Å². The number of fused-ring (bicyclic) bond motifs is 2. The first-order chi connectivity index (χ1) is 16.6. The number of hydrogen-bond donors (Lipinski definition) is 1. The predicted molar refractivity (Wildman–Crippen MR) is 135 cm³/mol. The Bertz CT molecular complexity index is 1580. The molecule has 0 radical (unpaired) electrons. The van der Waals surface area contributed by atoms with Gasteiger partial charge in [0.25, 0.3) is 5.91 Å². The van der Waals surface area contributed by atoms with Crippen molar-refractivity contribution in [2.45, 2.75) is 0 Å². The lowest BCUT2D eigenvalue weighted by Crippen LogP contribution is -2.19. The minimum Gasteiger partial charge on any atom is -0.422 e. The van der Waals surface area contributed by atoms with Crippen molar-refractivity contribution < 1.29 is 14.3 Å². The number of pyridine rings is 1. The van der Waals surface area contributed by atoms with E-state index >= 15 is 0 Å². The van der Waals surface area contributed by atoms with E-state index in [2.05, 4.69) is 15.5 Å². The highest BCUT2D eigenvalue weighted by molar-refractivity contribution is 7.21. The van der Waals surface area contributed by atoms with Crippen LogP contribution in [-0.2, 0) is 0 Å². The normalized spacial score (nSPS) is 11.2. The number of para-hydroxylation sites is 2. The highest BCUT2D eigenvalue weighted by Gasteiger charge is 2.19. The fourth-order valence-electron chi connectivity index (χ4n) is 3.38. The third-order valence-electron chi connectivity index (χ3n) is 5.04. The number of carbonyl (C=O) groups excluding carboxylic acids is 2. The molecule has 0 atom stereocenters. The minimum atomic E-state index is -0.559. The quantitative estimate of drug-likeness (QED) is 0.141. The molecule has 0 saturated heterocycles. The summed E-state index contributed by atoms with van der Waals surface area (Å²) >= 11 is 7.67. The fourth-order valence-corrected chi connectivity index (χ4v) is 4.77. The highest BCUT2D eigenvalue weighted by Crippen LogP contribution is 2.36. The molecule has 0 fully saturated rings. The Morgan fingerprint density at radius 2 is 1.71 bits per heavy atom. The smallest absolute Gasteiger partial charge is 0.355 e. The summed E-state index contributed by atoms with van der Waals surface area (Å²) in [5, 5.41) is 6.13. The highest BCUT2D eigenvalue weighted by atomic mass is 35.5. The largest absolute Gasteiger partial charge is 0.422 e. The fraction of sp³-hybridized carbons (Fsp3) is 0. The molecule has 5 rings (SSSR count). The summed E-state index contributed by atoms with van der Waals surface area (Å²) in [4.78, 5) is 30.0. The van der Waals surface area contributed by atoms with Gasteiger partial charge in [-0.3, -0.25) is 4.79 Å². The zero-order chi connectivity index (χ0) is 23.5. The van der Waals surface area contributed by atoms with Gasteiger partial charge in [0.1, 0.15) is 16.3 Å². The van der Waals surface area contributed by atoms with Crippen LogP contribution in [0.15, 0.2) is 90.0 Å². The molecule has 3 aromatic carbocycles. The molecule has 1 N–H and O–H groups in total. The van der Waals surface area contributed by atoms with E-state index in [9.17, 15) is 9.59 Å². The van der Waals surface area contributed by atoms with Crippen LogP contribution in [0.2, 0.25) is 5.02 Å². The van der Waals surface area contributed by atoms with Crippen LogP contribution in [0.5, 0.6) is 5.75 Å². The van der Waals surface area contributed by atoms with E-state index in [1.807, 2.05) is 54.6 Å². The second kappa shape index (κ2) is 9.43. The van der Waals surface area contributed by atoms with Crippen LogP contribution in [0.1, 0.15) is 25.7 Å². The van der Waals surface area contributed by atoms with Gasteiger partial charge in [0.05, 0.1) is 16.8 Å². The molecule has 0 aliphatic rings. The van der Waals surface area contributed by atoms with Gasteiger partial charge < -0.3 is 4.74 Å². The van der Waals surface area contributed by atoms with Crippen molar-refractivity contribution in [1.29, 1.82) is 0 Å². The molecule has 1 amide bonds. The molecule has 0 aliphatic carbocycles. The van der Waals surface area contributed by atoms with Crippen molar-refractivity contribution in [2.75, 3.05) is 0 Å². The molecular weight excluding hydrogens is 470 g/mol. The number of aromatic nitrogens is 1. The maximum Gasteiger partial charge on any atom is 0.355 e. The molecule has 166 valence electrons. The number of rotatable bonds is 5. The second-order valence-electron chi connectivity index (χ2n) is 7.26. The minimum absolute atomic E-state index is 0.245. The van der Waals surface area contributed by atoms with Crippen LogP contribution < -0.4 is 10.2 Å². The molecule has 0 unspecified atom stereocenters. The van der Waals surface area contributed by atoms with Crippen molar-refractivity contribution in [3.63, 3.8) is 0 Å². The standard InChI is InChI=1S/C26H16ClN3O3S/c27-23-18-9-3-6-12-22(18)34-24(23)26(32)33-21-11-5-2-8-17(21)15-28-30-25(31)20-14-13-16-7-1-4-10-19(16)29-20/h1-15H,(H,30,31)/b28-15+. The van der Waals surface area contributed by atoms with Gasteiger partial charge in [-0.2, -0.15) is 5.10 Å². The summed E-state index contributed by atoms with van der Waals surface area (Å²) in [6, 6.07) is 25.4. The molecule has 0 aliphatic heterocycles. The van der Waals surface area contributed by atoms with Crippen LogP contribution in [-0.4, -0.2) is 23.1 Å². The summed E-state index contributed by atoms with van der Waals surface area (Å²) in [6.45, 7) is 0. The summed E-state index contributed by atoms with van der Waals surface area (Å²) in [6.07, 6.45) is 1.41. The first kappa shape index (κ1) is 21.8. The van der Waals surface area contributed by atoms with Crippen molar-refractivity contribution in [3.05, 3.63) is 106 Å². The SMILES string of the molecule is O=C(N/N=C/c1ccccc1OC(=O)c1sc2ccccc2c1Cl)c1ccc2ccccc2n1. The van der Waals surface area contributed by atoms with E-state index in [0.717, 1.165) is 21.0 Å². The Kier molecular flexibility index (Phi) is 6.03. The molecule has 34 heavy (non-hydrogen) atoms. The first-order valence-corrected chi connectivity index (χ1v) is 11.5. The number of hydrogen-bond acceptors (Lipinski definition) is 6. The topological polar surface area (TPSA) is 80.6 Å². The van der Waals surface area contributed by atoms with E-state index < -0.39 is 11.9 Å². The lowest BCUT2D eigenvalue weighted by Gasteiger charge is -2.06. The Labute approximate surface area is 203 Å². The number of carbonyl (C=O) groups is 2. The van der Waals surface area contributed by atoms with E-state index in [-0.39, 0.29) is 5.69 Å². The molecular formula is C26H16ClN3O3S. The van der Waals surface area contributed by atoms with Gasteiger partial charge in [0.2, 0.25) is 0 Å². The van der Waals surface area contributed by atoms with Crippen LogP contribution in [0.4, 0.5) is 0 Å². The van der Waals surface area contributed by atoms with E-state index in [4.69, 9.17) is 16.3 Å². The third-order valence-corrected chi connectivity index (χ3v) is 6.70. The van der Waals surface area contributed by atoms with Crippen molar-refractivity contribution >= 4 is 62.0 Å². The molecule has 5 aromatic rings. The third kappa shape index (κ3) is 4.39. The Balaban J connectivity index is 1.31. The van der Waals surface area contributed by atoms with Crippen LogP contribution >= 0.6 is 22.9 Å². The number of nitrogens with zero attached hydrogens (tertiary/aromatic N) is 2. The summed E-state index contributed by atoms with van der Waals surface area (Å²) in [5.41, 5.74) is 3.94. The zero-order valence-corrected chi connectivity index (χ0v) is 19.1. The van der Waals surface area contributed by atoms with Gasteiger partial charge in [-0.25, -0.2) is 15.2 Å². The molecule has 0 bridgehead atoms. The zero-order valence-electron chi connectivity index (χ0n) is 17.6. The Hall–Kier alpha value is -4.07. The molecule has 2 aromatic heterocycles. The summed E-state index contributed by atoms with van der Waals surface area (Å²) in [7, 11) is 0. The number of esters is 1. The maximum atomic E-state index is 12.8. The monoisotopic (exact) mass is 485 g/mol. The number of amides is 1. The van der Waals surface area contributed by atoms with Gasteiger partial charge in [-0.15, -0.1) is 11.3 Å². The predicted octanol–water partition coefficient (Wildman–Crippen LogP) is 6.09. The number of hydrazone groups is 1. The maximum absolute atomic E-state index is 12.8. The van der Waals surface area contributed by atoms with Crippen molar-refractivity contribution in [1.82, 2.24) is 10.4 Å².